The highest BCUT2D eigenvalue weighted by Crippen LogP contribution is 2.25. The summed E-state index contributed by atoms with van der Waals surface area (Å²) in [5.74, 6) is -0.274. The van der Waals surface area contributed by atoms with Gasteiger partial charge >= 0.3 is 0 Å². The lowest BCUT2D eigenvalue weighted by molar-refractivity contribution is -0.139. The number of hydrogen-bond donors (Lipinski definition) is 1. The predicted octanol–water partition coefficient (Wildman–Crippen LogP) is 3.66. The Hall–Kier alpha value is -3.12. The molecule has 0 heterocycles. The molecule has 1 N–H and O–H groups in total. The Morgan fingerprint density at radius 2 is 1.67 bits per heavy atom. The molecule has 0 saturated carbocycles. The number of carbonyl (C=O) groups is 2. The number of carbonyl (C=O) groups excluding carboxylic acids is 2. The second-order valence-corrected chi connectivity index (χ2v) is 11.1. The van der Waals surface area contributed by atoms with Crippen LogP contribution >= 0.6 is 22.6 Å². The first-order valence-electron chi connectivity index (χ1n) is 11.1. The molecule has 0 bridgehead atoms. The lowest BCUT2D eigenvalue weighted by atomic mass is 10.1. The van der Waals surface area contributed by atoms with Gasteiger partial charge in [0.15, 0.2) is 0 Å². The second kappa shape index (κ2) is 12.2. The lowest BCUT2D eigenvalue weighted by Crippen LogP contribution is -2.50. The molecule has 0 aliphatic rings. The predicted molar refractivity (Wildman–Crippen MR) is 147 cm³/mol. The fourth-order valence-corrected chi connectivity index (χ4v) is 5.41. The molecule has 0 unspecified atom stereocenters. The first-order chi connectivity index (χ1) is 17.2. The van der Waals surface area contributed by atoms with Gasteiger partial charge in [0.25, 0.3) is 10.0 Å². The molecule has 3 aromatic rings. The molecular formula is C26H28IN3O5S. The van der Waals surface area contributed by atoms with Crippen molar-refractivity contribution in [2.45, 2.75) is 24.4 Å². The van der Waals surface area contributed by atoms with Crippen LogP contribution in [0.4, 0.5) is 5.69 Å². The van der Waals surface area contributed by atoms with Crippen molar-refractivity contribution in [3.05, 3.63) is 88.0 Å². The minimum atomic E-state index is -4.07. The zero-order valence-corrected chi connectivity index (χ0v) is 23.2. The van der Waals surface area contributed by atoms with E-state index in [4.69, 9.17) is 4.74 Å². The molecule has 0 aromatic heterocycles. The zero-order chi connectivity index (χ0) is 26.3. The monoisotopic (exact) mass is 621 g/mol. The summed E-state index contributed by atoms with van der Waals surface area (Å²) in [6.07, 6.45) is 0. The van der Waals surface area contributed by atoms with Crippen molar-refractivity contribution >= 4 is 50.1 Å². The maximum absolute atomic E-state index is 13.7. The largest absolute Gasteiger partial charge is 0.497 e. The molecule has 0 fully saturated rings. The van der Waals surface area contributed by atoms with Crippen LogP contribution in [0.15, 0.2) is 83.8 Å². The molecule has 0 aliphatic heterocycles. The number of nitrogens with one attached hydrogen (secondary N) is 1. The molecule has 36 heavy (non-hydrogen) atoms. The summed E-state index contributed by atoms with van der Waals surface area (Å²) < 4.78 is 34.6. The number of nitrogens with zero attached hydrogens (tertiary/aromatic N) is 2. The van der Waals surface area contributed by atoms with Gasteiger partial charge in [0.05, 0.1) is 17.7 Å². The average Bonchev–Trinajstić information content (AvgIpc) is 2.90. The summed E-state index contributed by atoms with van der Waals surface area (Å²) in [7, 11) is -1.03. The Morgan fingerprint density at radius 1 is 1.00 bits per heavy atom. The number of halogens is 1. The highest BCUT2D eigenvalue weighted by atomic mass is 127. The summed E-state index contributed by atoms with van der Waals surface area (Å²) >= 11 is 2.13. The first kappa shape index (κ1) is 27.5. The van der Waals surface area contributed by atoms with Crippen LogP contribution in [-0.2, 0) is 26.2 Å². The third kappa shape index (κ3) is 6.55. The van der Waals surface area contributed by atoms with Gasteiger partial charge in [-0.2, -0.15) is 0 Å². The smallest absolute Gasteiger partial charge is 0.264 e. The quantitative estimate of drug-likeness (QED) is 0.349. The third-order valence-electron chi connectivity index (χ3n) is 5.63. The van der Waals surface area contributed by atoms with Crippen LogP contribution in [0.25, 0.3) is 0 Å². The van der Waals surface area contributed by atoms with E-state index >= 15 is 0 Å². The molecule has 0 radical (unpaired) electrons. The summed E-state index contributed by atoms with van der Waals surface area (Å²) in [6.45, 7) is 1.22. The van der Waals surface area contributed by atoms with Crippen LogP contribution in [-0.4, -0.2) is 51.9 Å². The van der Waals surface area contributed by atoms with Crippen molar-refractivity contribution < 1.29 is 22.7 Å². The SMILES string of the molecule is CNC(=O)[C@@H](C)N(Cc1cccc(OC)c1)C(=O)CN(c1ccc(I)cc1)S(=O)(=O)c1ccccc1. The molecule has 3 aromatic carbocycles. The van der Waals surface area contributed by atoms with Gasteiger partial charge in [-0.3, -0.25) is 13.9 Å². The standard InChI is InChI=1S/C26H28IN3O5S/c1-19(26(32)28-2)29(17-20-8-7-9-23(16-20)35-3)25(31)18-30(22-14-12-21(27)13-15-22)36(33,34)24-10-5-4-6-11-24/h4-16,19H,17-18H2,1-3H3,(H,28,32)/t19-/m1/s1. The van der Waals surface area contributed by atoms with Gasteiger partial charge in [0.2, 0.25) is 11.8 Å². The van der Waals surface area contributed by atoms with E-state index in [0.29, 0.717) is 11.4 Å². The summed E-state index contributed by atoms with van der Waals surface area (Å²) in [4.78, 5) is 27.7. The van der Waals surface area contributed by atoms with Crippen molar-refractivity contribution in [1.29, 1.82) is 0 Å². The summed E-state index contributed by atoms with van der Waals surface area (Å²) in [5, 5.41) is 2.57. The fraction of sp³-hybridized carbons (Fsp3) is 0.231. The third-order valence-corrected chi connectivity index (χ3v) is 8.13. The number of anilines is 1. The van der Waals surface area contributed by atoms with Crippen LogP contribution < -0.4 is 14.4 Å². The van der Waals surface area contributed by atoms with Crippen LogP contribution in [0.5, 0.6) is 5.75 Å². The molecule has 0 saturated heterocycles. The van der Waals surface area contributed by atoms with E-state index in [1.54, 1.807) is 74.7 Å². The zero-order valence-electron chi connectivity index (χ0n) is 20.2. The maximum Gasteiger partial charge on any atom is 0.264 e. The van der Waals surface area contributed by atoms with E-state index in [1.165, 1.54) is 24.1 Å². The minimum absolute atomic E-state index is 0.0649. The molecular weight excluding hydrogens is 593 g/mol. The maximum atomic E-state index is 13.7. The Bertz CT molecular complexity index is 1300. The normalized spacial score (nSPS) is 11.9. The Balaban J connectivity index is 2.01. The number of sulfonamides is 1. The number of ether oxygens (including phenoxy) is 1. The Labute approximate surface area is 225 Å². The topological polar surface area (TPSA) is 96.0 Å². The average molecular weight is 621 g/mol. The molecule has 2 amide bonds. The highest BCUT2D eigenvalue weighted by molar-refractivity contribution is 14.1. The van der Waals surface area contributed by atoms with Crippen LogP contribution in [0.3, 0.4) is 0 Å². The summed E-state index contributed by atoms with van der Waals surface area (Å²) in [6, 6.07) is 21.1. The fourth-order valence-electron chi connectivity index (χ4n) is 3.61. The van der Waals surface area contributed by atoms with Gasteiger partial charge in [-0.05, 0) is 83.6 Å². The van der Waals surface area contributed by atoms with E-state index in [2.05, 4.69) is 27.9 Å². The minimum Gasteiger partial charge on any atom is -0.497 e. The van der Waals surface area contributed by atoms with E-state index in [1.807, 2.05) is 6.07 Å². The summed E-state index contributed by atoms with van der Waals surface area (Å²) in [5.41, 5.74) is 1.09. The Kier molecular flexibility index (Phi) is 9.32. The number of likely N-dealkylation sites (N-methyl/N-ethyl adjacent to an activating group) is 1. The van der Waals surface area contributed by atoms with Crippen molar-refractivity contribution in [3.63, 3.8) is 0 Å². The number of benzene rings is 3. The van der Waals surface area contributed by atoms with E-state index in [9.17, 15) is 18.0 Å². The van der Waals surface area contributed by atoms with Crippen molar-refractivity contribution in [2.75, 3.05) is 25.0 Å². The van der Waals surface area contributed by atoms with Gasteiger partial charge in [-0.15, -0.1) is 0 Å². The number of hydrogen-bond acceptors (Lipinski definition) is 5. The molecule has 0 spiro atoms. The van der Waals surface area contributed by atoms with Gasteiger partial charge in [-0.25, -0.2) is 8.42 Å². The molecule has 1 atom stereocenters. The molecule has 10 heteroatoms. The molecule has 8 nitrogen and oxygen atoms in total. The van der Waals surface area contributed by atoms with Gasteiger partial charge in [0, 0.05) is 17.2 Å². The molecule has 3 rings (SSSR count). The number of rotatable bonds is 10. The van der Waals surface area contributed by atoms with Crippen molar-refractivity contribution in [2.24, 2.45) is 0 Å². The van der Waals surface area contributed by atoms with E-state index in [-0.39, 0.29) is 17.3 Å². The van der Waals surface area contributed by atoms with Crippen LogP contribution in [0, 0.1) is 3.57 Å². The Morgan fingerprint density at radius 3 is 2.28 bits per heavy atom. The second-order valence-electron chi connectivity index (χ2n) is 7.96. The van der Waals surface area contributed by atoms with Crippen LogP contribution in [0.1, 0.15) is 12.5 Å². The number of methoxy groups -OCH3 is 1. The van der Waals surface area contributed by atoms with Crippen molar-refractivity contribution in [3.8, 4) is 5.75 Å². The van der Waals surface area contributed by atoms with Gasteiger partial charge in [0.1, 0.15) is 18.3 Å². The van der Waals surface area contributed by atoms with Crippen molar-refractivity contribution in [1.82, 2.24) is 10.2 Å². The van der Waals surface area contributed by atoms with E-state index in [0.717, 1.165) is 13.4 Å². The number of amides is 2. The first-order valence-corrected chi connectivity index (χ1v) is 13.7. The van der Waals surface area contributed by atoms with Gasteiger partial charge in [-0.1, -0.05) is 30.3 Å². The molecule has 190 valence electrons. The van der Waals surface area contributed by atoms with E-state index < -0.39 is 28.5 Å². The van der Waals surface area contributed by atoms with Gasteiger partial charge < -0.3 is 15.0 Å². The highest BCUT2D eigenvalue weighted by Gasteiger charge is 2.32. The molecule has 0 aliphatic carbocycles. The van der Waals surface area contributed by atoms with Crippen LogP contribution in [0.2, 0.25) is 0 Å². The lowest BCUT2D eigenvalue weighted by Gasteiger charge is -2.31.